The van der Waals surface area contributed by atoms with Crippen molar-refractivity contribution in [2.45, 2.75) is 24.8 Å². The summed E-state index contributed by atoms with van der Waals surface area (Å²) in [4.78, 5) is 0.187. The molecular formula is C11H16N2O4S. The van der Waals surface area contributed by atoms with Gasteiger partial charge in [-0.25, -0.2) is 13.1 Å². The number of hydrogen-bond acceptors (Lipinski definition) is 5. The maximum atomic E-state index is 12.2. The lowest BCUT2D eigenvalue weighted by Gasteiger charge is -2.14. The van der Waals surface area contributed by atoms with E-state index in [4.69, 9.17) is 15.2 Å². The molecule has 100 valence electrons. The van der Waals surface area contributed by atoms with Crippen molar-refractivity contribution in [3.8, 4) is 11.5 Å². The molecule has 1 heterocycles. The molecule has 0 saturated heterocycles. The van der Waals surface area contributed by atoms with Crippen LogP contribution in [-0.4, -0.2) is 27.8 Å². The van der Waals surface area contributed by atoms with Crippen LogP contribution in [0.15, 0.2) is 17.0 Å². The summed E-state index contributed by atoms with van der Waals surface area (Å²) in [7, 11) is -3.59. The molecule has 18 heavy (non-hydrogen) atoms. The van der Waals surface area contributed by atoms with Gasteiger partial charge in [-0.1, -0.05) is 0 Å². The number of fused-ring (bicyclic) bond motifs is 1. The van der Waals surface area contributed by atoms with Crippen LogP contribution in [0.2, 0.25) is 0 Å². The fourth-order valence-corrected chi connectivity index (χ4v) is 3.19. The molecule has 0 aromatic heterocycles. The van der Waals surface area contributed by atoms with E-state index in [0.29, 0.717) is 17.1 Å². The fraction of sp³-hybridized carbons (Fsp3) is 0.455. The van der Waals surface area contributed by atoms with Gasteiger partial charge in [0, 0.05) is 18.7 Å². The highest BCUT2D eigenvalue weighted by molar-refractivity contribution is 7.89. The molecule has 1 aromatic carbocycles. The predicted molar refractivity (Wildman–Crippen MR) is 66.1 cm³/mol. The van der Waals surface area contributed by atoms with E-state index in [1.165, 1.54) is 6.07 Å². The van der Waals surface area contributed by atoms with Crippen molar-refractivity contribution in [2.75, 3.05) is 13.3 Å². The van der Waals surface area contributed by atoms with Gasteiger partial charge in [-0.05, 0) is 25.5 Å². The van der Waals surface area contributed by atoms with Crippen molar-refractivity contribution in [3.05, 3.63) is 17.7 Å². The van der Waals surface area contributed by atoms with Crippen LogP contribution in [-0.2, 0) is 10.0 Å². The zero-order valence-electron chi connectivity index (χ0n) is 10.3. The smallest absolute Gasteiger partial charge is 0.241 e. The normalized spacial score (nSPS) is 15.7. The third-order valence-corrected chi connectivity index (χ3v) is 4.40. The molecule has 1 aromatic rings. The lowest BCUT2D eigenvalue weighted by atomic mass is 10.2. The molecule has 6 nitrogen and oxygen atoms in total. The Bertz CT molecular complexity index is 556. The lowest BCUT2D eigenvalue weighted by Crippen LogP contribution is -2.38. The maximum absolute atomic E-state index is 12.2. The second-order valence-corrected chi connectivity index (χ2v) is 5.91. The number of rotatable bonds is 4. The van der Waals surface area contributed by atoms with Gasteiger partial charge >= 0.3 is 0 Å². The van der Waals surface area contributed by atoms with E-state index in [2.05, 4.69) is 4.72 Å². The number of aryl methyl sites for hydroxylation is 1. The van der Waals surface area contributed by atoms with Crippen LogP contribution in [0, 0.1) is 6.92 Å². The van der Waals surface area contributed by atoms with Gasteiger partial charge in [0.25, 0.3) is 0 Å². The number of benzene rings is 1. The molecule has 0 radical (unpaired) electrons. The van der Waals surface area contributed by atoms with Crippen LogP contribution in [0.5, 0.6) is 11.5 Å². The number of ether oxygens (including phenoxy) is 2. The zero-order valence-corrected chi connectivity index (χ0v) is 11.1. The van der Waals surface area contributed by atoms with E-state index < -0.39 is 10.0 Å². The molecule has 2 rings (SSSR count). The average molecular weight is 272 g/mol. The minimum absolute atomic E-state index is 0.116. The van der Waals surface area contributed by atoms with E-state index in [-0.39, 0.29) is 24.3 Å². The van der Waals surface area contributed by atoms with Gasteiger partial charge < -0.3 is 15.2 Å². The van der Waals surface area contributed by atoms with Crippen molar-refractivity contribution in [2.24, 2.45) is 5.73 Å². The number of hydrogen-bond donors (Lipinski definition) is 2. The monoisotopic (exact) mass is 272 g/mol. The van der Waals surface area contributed by atoms with Crippen molar-refractivity contribution >= 4 is 10.0 Å². The summed E-state index contributed by atoms with van der Waals surface area (Å²) in [6.07, 6.45) is 0. The van der Waals surface area contributed by atoms with Crippen LogP contribution >= 0.6 is 0 Å². The summed E-state index contributed by atoms with van der Waals surface area (Å²) in [6, 6.07) is 2.81. The summed E-state index contributed by atoms with van der Waals surface area (Å²) >= 11 is 0. The van der Waals surface area contributed by atoms with Crippen molar-refractivity contribution in [3.63, 3.8) is 0 Å². The standard InChI is InChI=1S/C11H16N2O4S/c1-7-3-9-10(17-6-16-9)4-11(7)18(14,15)13-8(2)5-12/h3-4,8,13H,5-6,12H2,1-2H3/t8-/m1/s1. The maximum Gasteiger partial charge on any atom is 0.241 e. The molecule has 7 heteroatoms. The van der Waals surface area contributed by atoms with Crippen molar-refractivity contribution in [1.29, 1.82) is 0 Å². The Kier molecular flexibility index (Phi) is 3.47. The lowest BCUT2D eigenvalue weighted by molar-refractivity contribution is 0.174. The minimum Gasteiger partial charge on any atom is -0.454 e. The molecule has 0 bridgehead atoms. The number of nitrogens with two attached hydrogens (primary N) is 1. The molecule has 1 aliphatic rings. The Morgan fingerprint density at radius 3 is 2.61 bits per heavy atom. The van der Waals surface area contributed by atoms with E-state index in [9.17, 15) is 8.42 Å². The molecule has 1 atom stereocenters. The van der Waals surface area contributed by atoms with E-state index >= 15 is 0 Å². The summed E-state index contributed by atoms with van der Waals surface area (Å²) in [6.45, 7) is 3.78. The Labute approximate surface area is 106 Å². The molecular weight excluding hydrogens is 256 g/mol. The van der Waals surface area contributed by atoms with E-state index in [0.717, 1.165) is 0 Å². The third kappa shape index (κ3) is 2.43. The van der Waals surface area contributed by atoms with Gasteiger partial charge in [-0.3, -0.25) is 0 Å². The van der Waals surface area contributed by atoms with Crippen LogP contribution in [0.1, 0.15) is 12.5 Å². The Morgan fingerprint density at radius 1 is 1.39 bits per heavy atom. The van der Waals surface area contributed by atoms with Crippen LogP contribution < -0.4 is 19.9 Å². The number of sulfonamides is 1. The van der Waals surface area contributed by atoms with Crippen LogP contribution in [0.25, 0.3) is 0 Å². The molecule has 0 amide bonds. The molecule has 3 N–H and O–H groups in total. The van der Waals surface area contributed by atoms with E-state index in [1.807, 2.05) is 0 Å². The first-order valence-corrected chi connectivity index (χ1v) is 7.05. The van der Waals surface area contributed by atoms with Gasteiger partial charge in [-0.2, -0.15) is 0 Å². The van der Waals surface area contributed by atoms with Crippen LogP contribution in [0.3, 0.4) is 0 Å². The minimum atomic E-state index is -3.59. The summed E-state index contributed by atoms with van der Waals surface area (Å²) in [5.41, 5.74) is 6.02. The SMILES string of the molecule is Cc1cc2c(cc1S(=O)(=O)N[C@H](C)CN)OCO2. The summed E-state index contributed by atoms with van der Waals surface area (Å²) in [5, 5.41) is 0. The zero-order chi connectivity index (χ0) is 13.3. The fourth-order valence-electron chi connectivity index (χ4n) is 1.69. The molecule has 0 unspecified atom stereocenters. The first-order valence-electron chi connectivity index (χ1n) is 5.56. The Morgan fingerprint density at radius 2 is 2.00 bits per heavy atom. The van der Waals surface area contributed by atoms with Gasteiger partial charge in [0.05, 0.1) is 4.90 Å². The van der Waals surface area contributed by atoms with Crippen molar-refractivity contribution in [1.82, 2.24) is 4.72 Å². The van der Waals surface area contributed by atoms with Crippen LogP contribution in [0.4, 0.5) is 0 Å². The highest BCUT2D eigenvalue weighted by Crippen LogP contribution is 2.36. The van der Waals surface area contributed by atoms with Gasteiger partial charge in [0.2, 0.25) is 16.8 Å². The van der Waals surface area contributed by atoms with Crippen molar-refractivity contribution < 1.29 is 17.9 Å². The highest BCUT2D eigenvalue weighted by Gasteiger charge is 2.24. The largest absolute Gasteiger partial charge is 0.454 e. The third-order valence-electron chi connectivity index (χ3n) is 2.67. The second kappa shape index (κ2) is 4.75. The van der Waals surface area contributed by atoms with Gasteiger partial charge in [0.1, 0.15) is 0 Å². The van der Waals surface area contributed by atoms with E-state index in [1.54, 1.807) is 19.9 Å². The molecule has 1 aliphatic heterocycles. The molecule has 0 fully saturated rings. The average Bonchev–Trinajstić information content (AvgIpc) is 2.74. The highest BCUT2D eigenvalue weighted by atomic mass is 32.2. The second-order valence-electron chi connectivity index (χ2n) is 4.23. The summed E-state index contributed by atoms with van der Waals surface area (Å²) in [5.74, 6) is 1.01. The molecule has 0 saturated carbocycles. The predicted octanol–water partition coefficient (Wildman–Crippen LogP) is 0.349. The topological polar surface area (TPSA) is 90.7 Å². The van der Waals surface area contributed by atoms with Gasteiger partial charge in [-0.15, -0.1) is 0 Å². The Balaban J connectivity index is 2.39. The molecule has 0 spiro atoms. The first kappa shape index (κ1) is 13.1. The molecule has 0 aliphatic carbocycles. The Hall–Kier alpha value is -1.31. The first-order chi connectivity index (χ1) is 8.44. The number of nitrogens with one attached hydrogen (secondary N) is 1. The van der Waals surface area contributed by atoms with Gasteiger partial charge in [0.15, 0.2) is 11.5 Å². The quantitative estimate of drug-likeness (QED) is 0.825. The summed E-state index contributed by atoms with van der Waals surface area (Å²) < 4.78 is 37.2.